The summed E-state index contributed by atoms with van der Waals surface area (Å²) in [4.78, 5) is 21.9. The van der Waals surface area contributed by atoms with Gasteiger partial charge < -0.3 is 14.6 Å². The van der Waals surface area contributed by atoms with Crippen molar-refractivity contribution in [2.45, 2.75) is 26.8 Å². The third kappa shape index (κ3) is 3.74. The van der Waals surface area contributed by atoms with Gasteiger partial charge in [0, 0.05) is 10.9 Å². The van der Waals surface area contributed by atoms with Crippen LogP contribution in [0.25, 0.3) is 22.3 Å². The third-order valence-corrected chi connectivity index (χ3v) is 4.90. The highest BCUT2D eigenvalue weighted by molar-refractivity contribution is 5.99. The Morgan fingerprint density at radius 3 is 2.67 bits per heavy atom. The first kappa shape index (κ1) is 19.6. The summed E-state index contributed by atoms with van der Waals surface area (Å²) in [5.41, 5.74) is 3.80. The van der Waals surface area contributed by atoms with Gasteiger partial charge in [-0.2, -0.15) is 4.98 Å². The van der Waals surface area contributed by atoms with Crippen molar-refractivity contribution in [3.05, 3.63) is 71.2 Å². The summed E-state index contributed by atoms with van der Waals surface area (Å²) in [7, 11) is 1.60. The fourth-order valence-electron chi connectivity index (χ4n) is 3.31. The van der Waals surface area contributed by atoms with Gasteiger partial charge in [-0.25, -0.2) is 4.98 Å². The summed E-state index contributed by atoms with van der Waals surface area (Å²) in [6.45, 7) is 5.61. The number of pyridine rings is 1. The highest BCUT2D eigenvalue weighted by Crippen LogP contribution is 2.26. The van der Waals surface area contributed by atoms with Crippen molar-refractivity contribution in [1.29, 1.82) is 0 Å². The minimum atomic E-state index is -0.455. The predicted molar refractivity (Wildman–Crippen MR) is 113 cm³/mol. The molecule has 1 N–H and O–H groups in total. The summed E-state index contributed by atoms with van der Waals surface area (Å²) in [6, 6.07) is 14.8. The van der Waals surface area contributed by atoms with Gasteiger partial charge in [0.25, 0.3) is 5.91 Å². The van der Waals surface area contributed by atoms with Crippen molar-refractivity contribution >= 4 is 16.8 Å². The Bertz CT molecular complexity index is 1230. The van der Waals surface area contributed by atoms with E-state index >= 15 is 0 Å². The number of benzene rings is 2. The predicted octanol–water partition coefficient (Wildman–Crippen LogP) is 4.40. The van der Waals surface area contributed by atoms with Crippen LogP contribution in [0.4, 0.5) is 0 Å². The van der Waals surface area contributed by atoms with Gasteiger partial charge in [-0.3, -0.25) is 4.79 Å². The second-order valence-corrected chi connectivity index (χ2v) is 7.17. The van der Waals surface area contributed by atoms with Crippen LogP contribution >= 0.6 is 0 Å². The van der Waals surface area contributed by atoms with Crippen LogP contribution in [-0.2, 0) is 0 Å². The monoisotopic (exact) mass is 402 g/mol. The van der Waals surface area contributed by atoms with Crippen molar-refractivity contribution in [2.75, 3.05) is 7.11 Å². The number of amides is 1. The fraction of sp³-hybridized carbons (Fsp3) is 0.217. The van der Waals surface area contributed by atoms with E-state index in [9.17, 15) is 4.79 Å². The zero-order chi connectivity index (χ0) is 21.3. The molecule has 0 fully saturated rings. The molecule has 0 saturated heterocycles. The second kappa shape index (κ2) is 7.94. The molecular formula is C23H22N4O3. The lowest BCUT2D eigenvalue weighted by atomic mass is 10.1. The molecule has 1 atom stereocenters. The number of hydrogen-bond donors (Lipinski definition) is 1. The van der Waals surface area contributed by atoms with Crippen LogP contribution in [-0.4, -0.2) is 28.1 Å². The second-order valence-electron chi connectivity index (χ2n) is 7.17. The van der Waals surface area contributed by atoms with Crippen LogP contribution < -0.4 is 10.1 Å². The normalized spacial score (nSPS) is 12.0. The number of carbonyl (C=O) groups is 1. The Morgan fingerprint density at radius 2 is 1.90 bits per heavy atom. The molecule has 0 aliphatic rings. The largest absolute Gasteiger partial charge is 0.494 e. The number of nitrogens with one attached hydrogen (secondary N) is 1. The molecule has 152 valence electrons. The average Bonchev–Trinajstić information content (AvgIpc) is 3.23. The zero-order valence-electron chi connectivity index (χ0n) is 17.3. The van der Waals surface area contributed by atoms with Gasteiger partial charge in [0.1, 0.15) is 17.3 Å². The highest BCUT2D eigenvalue weighted by Gasteiger charge is 2.20. The van der Waals surface area contributed by atoms with E-state index in [1.54, 1.807) is 21.0 Å². The van der Waals surface area contributed by atoms with Gasteiger partial charge in [-0.1, -0.05) is 41.1 Å². The van der Waals surface area contributed by atoms with Crippen molar-refractivity contribution in [1.82, 2.24) is 20.4 Å². The number of methoxy groups -OCH3 is 1. The maximum absolute atomic E-state index is 12.9. The van der Waals surface area contributed by atoms with Gasteiger partial charge in [0.05, 0.1) is 18.4 Å². The standard InChI is InChI=1S/C23H22N4O3/c1-13-7-5-9-17(11-13)21-26-23(30-27-21)15(3)25-22(28)18-12-16-8-6-10-19(29-4)20(16)24-14(18)2/h5-12,15H,1-4H3,(H,25,28)/t15-/m1/s1. The first-order chi connectivity index (χ1) is 14.5. The van der Waals surface area contributed by atoms with Gasteiger partial charge >= 0.3 is 0 Å². The Hall–Kier alpha value is -3.74. The molecule has 4 aromatic rings. The maximum Gasteiger partial charge on any atom is 0.253 e. The summed E-state index contributed by atoms with van der Waals surface area (Å²) >= 11 is 0. The molecule has 0 aliphatic heterocycles. The SMILES string of the molecule is COc1cccc2cc(C(=O)N[C@H](C)c3nc(-c4cccc(C)c4)no3)c(C)nc12. The van der Waals surface area contributed by atoms with Crippen molar-refractivity contribution in [3.8, 4) is 17.1 Å². The molecule has 1 amide bonds. The summed E-state index contributed by atoms with van der Waals surface area (Å²) in [6.07, 6.45) is 0. The van der Waals surface area contributed by atoms with Crippen molar-refractivity contribution < 1.29 is 14.1 Å². The van der Waals surface area contributed by atoms with Gasteiger partial charge in [-0.05, 0) is 39.0 Å². The number of aryl methyl sites for hydroxylation is 2. The molecular weight excluding hydrogens is 380 g/mol. The molecule has 0 saturated carbocycles. The van der Waals surface area contributed by atoms with Crippen molar-refractivity contribution in [3.63, 3.8) is 0 Å². The van der Waals surface area contributed by atoms with E-state index in [-0.39, 0.29) is 5.91 Å². The van der Waals surface area contributed by atoms with Crippen LogP contribution in [0.5, 0.6) is 5.75 Å². The number of ether oxygens (including phenoxy) is 1. The molecule has 30 heavy (non-hydrogen) atoms. The molecule has 7 nitrogen and oxygen atoms in total. The minimum Gasteiger partial charge on any atom is -0.494 e. The Kier molecular flexibility index (Phi) is 5.18. The van der Waals surface area contributed by atoms with E-state index in [2.05, 4.69) is 20.4 Å². The van der Waals surface area contributed by atoms with E-state index in [4.69, 9.17) is 9.26 Å². The lowest BCUT2D eigenvalue weighted by molar-refractivity contribution is 0.0931. The first-order valence-electron chi connectivity index (χ1n) is 9.62. The van der Waals surface area contributed by atoms with Crippen LogP contribution in [0, 0.1) is 13.8 Å². The van der Waals surface area contributed by atoms with Gasteiger partial charge in [0.2, 0.25) is 11.7 Å². The Labute approximate surface area is 174 Å². The zero-order valence-corrected chi connectivity index (χ0v) is 17.3. The van der Waals surface area contributed by atoms with Gasteiger partial charge in [0.15, 0.2) is 0 Å². The number of para-hydroxylation sites is 1. The molecule has 2 heterocycles. The molecule has 2 aromatic carbocycles. The smallest absolute Gasteiger partial charge is 0.253 e. The third-order valence-electron chi connectivity index (χ3n) is 4.90. The molecule has 0 unspecified atom stereocenters. The molecule has 4 rings (SSSR count). The quantitative estimate of drug-likeness (QED) is 0.532. The summed E-state index contributed by atoms with van der Waals surface area (Å²) in [5.74, 6) is 1.25. The molecule has 0 spiro atoms. The fourth-order valence-corrected chi connectivity index (χ4v) is 3.31. The minimum absolute atomic E-state index is 0.257. The lowest BCUT2D eigenvalue weighted by Crippen LogP contribution is -2.27. The number of hydrogen-bond acceptors (Lipinski definition) is 6. The van der Waals surface area contributed by atoms with E-state index in [0.717, 1.165) is 22.0 Å². The average molecular weight is 402 g/mol. The number of nitrogens with zero attached hydrogens (tertiary/aromatic N) is 3. The topological polar surface area (TPSA) is 90.1 Å². The van der Waals surface area contributed by atoms with E-state index < -0.39 is 6.04 Å². The molecule has 2 aromatic heterocycles. The number of aromatic nitrogens is 3. The first-order valence-corrected chi connectivity index (χ1v) is 9.62. The van der Waals surface area contributed by atoms with E-state index in [1.807, 2.05) is 55.5 Å². The van der Waals surface area contributed by atoms with Crippen LogP contribution in [0.2, 0.25) is 0 Å². The number of rotatable bonds is 5. The van der Waals surface area contributed by atoms with Gasteiger partial charge in [-0.15, -0.1) is 0 Å². The molecule has 0 bridgehead atoms. The van der Waals surface area contributed by atoms with Crippen LogP contribution in [0.15, 0.2) is 53.1 Å². The molecule has 0 aliphatic carbocycles. The number of carbonyl (C=O) groups excluding carboxylic acids is 1. The van der Waals surface area contributed by atoms with E-state index in [1.165, 1.54) is 0 Å². The summed E-state index contributed by atoms with van der Waals surface area (Å²) in [5, 5.41) is 7.79. The van der Waals surface area contributed by atoms with Crippen LogP contribution in [0.3, 0.4) is 0 Å². The Morgan fingerprint density at radius 1 is 1.10 bits per heavy atom. The van der Waals surface area contributed by atoms with E-state index in [0.29, 0.717) is 28.7 Å². The lowest BCUT2D eigenvalue weighted by Gasteiger charge is -2.13. The summed E-state index contributed by atoms with van der Waals surface area (Å²) < 4.78 is 10.7. The number of fused-ring (bicyclic) bond motifs is 1. The maximum atomic E-state index is 12.9. The van der Waals surface area contributed by atoms with Crippen LogP contribution in [0.1, 0.15) is 40.5 Å². The Balaban J connectivity index is 1.56. The molecule has 7 heteroatoms. The highest BCUT2D eigenvalue weighted by atomic mass is 16.5. The molecule has 0 radical (unpaired) electrons. The van der Waals surface area contributed by atoms with Crippen molar-refractivity contribution in [2.24, 2.45) is 0 Å².